The molecule has 0 radical (unpaired) electrons. The first kappa shape index (κ1) is 25.5. The summed E-state index contributed by atoms with van der Waals surface area (Å²) in [6, 6.07) is 16.1. The van der Waals surface area contributed by atoms with Crippen LogP contribution in [0.25, 0.3) is 0 Å². The normalized spacial score (nSPS) is 10.7. The van der Waals surface area contributed by atoms with Gasteiger partial charge in [-0.1, -0.05) is 11.6 Å². The van der Waals surface area contributed by atoms with E-state index in [1.807, 2.05) is 13.8 Å². The lowest BCUT2D eigenvalue weighted by Crippen LogP contribution is -2.17. The van der Waals surface area contributed by atoms with E-state index in [0.29, 0.717) is 46.6 Å². The van der Waals surface area contributed by atoms with E-state index >= 15 is 0 Å². The molecule has 0 unspecified atom stereocenters. The molecule has 0 aromatic heterocycles. The van der Waals surface area contributed by atoms with E-state index in [1.54, 1.807) is 48.5 Å². The maximum absolute atomic E-state index is 12.5. The minimum absolute atomic E-state index is 0.0137. The van der Waals surface area contributed by atoms with Gasteiger partial charge in [0.15, 0.2) is 11.5 Å². The molecule has 0 aliphatic heterocycles. The summed E-state index contributed by atoms with van der Waals surface area (Å²) >= 11 is 6.30. The van der Waals surface area contributed by atoms with Crippen molar-refractivity contribution in [2.45, 2.75) is 20.5 Å². The van der Waals surface area contributed by atoms with Crippen LogP contribution < -0.4 is 19.6 Å². The molecule has 0 atom stereocenters. The Morgan fingerprint density at radius 3 is 2.31 bits per heavy atom. The molecule has 0 heterocycles. The number of carbonyl (C=O) groups is 1. The van der Waals surface area contributed by atoms with E-state index in [1.165, 1.54) is 18.3 Å². The van der Waals surface area contributed by atoms with Crippen molar-refractivity contribution in [2.24, 2.45) is 5.10 Å². The standard InChI is InChI=1S/C25H24ClN3O6/c1-3-33-23-12-8-19(14-24(23)34-4-2)25(30)28-27-15-18-7-11-22(21(26)13-18)35-16-17-5-9-20(10-6-17)29(31)32/h5-15H,3-4,16H2,1-2H3,(H,28,30)/b27-15+. The van der Waals surface area contributed by atoms with Crippen LogP contribution in [0.1, 0.15) is 35.3 Å². The molecule has 0 bridgehead atoms. The highest BCUT2D eigenvalue weighted by atomic mass is 35.5. The zero-order valence-electron chi connectivity index (χ0n) is 19.2. The number of benzene rings is 3. The van der Waals surface area contributed by atoms with Crippen LogP contribution in [0.5, 0.6) is 17.2 Å². The number of rotatable bonds is 11. The molecule has 0 fully saturated rings. The third-order valence-corrected chi connectivity index (χ3v) is 4.98. The van der Waals surface area contributed by atoms with Gasteiger partial charge in [-0.2, -0.15) is 5.10 Å². The van der Waals surface area contributed by atoms with Crippen molar-refractivity contribution >= 4 is 29.4 Å². The largest absolute Gasteiger partial charge is 0.490 e. The molecule has 3 aromatic carbocycles. The Morgan fingerprint density at radius 2 is 1.66 bits per heavy atom. The van der Waals surface area contributed by atoms with Crippen molar-refractivity contribution in [3.63, 3.8) is 0 Å². The molecule has 9 nitrogen and oxygen atoms in total. The third kappa shape index (κ3) is 7.18. The van der Waals surface area contributed by atoms with Gasteiger partial charge in [0.1, 0.15) is 12.4 Å². The van der Waals surface area contributed by atoms with E-state index < -0.39 is 10.8 Å². The number of hydrogen-bond acceptors (Lipinski definition) is 7. The Kier molecular flexibility index (Phi) is 9.02. The summed E-state index contributed by atoms with van der Waals surface area (Å²) in [4.78, 5) is 22.7. The Hall–Kier alpha value is -4.11. The maximum Gasteiger partial charge on any atom is 0.271 e. The summed E-state index contributed by atoms with van der Waals surface area (Å²) in [5.41, 5.74) is 4.28. The zero-order valence-corrected chi connectivity index (χ0v) is 19.9. The van der Waals surface area contributed by atoms with Crippen LogP contribution in [-0.2, 0) is 6.61 Å². The lowest BCUT2D eigenvalue weighted by atomic mass is 10.2. The molecule has 0 aliphatic rings. The monoisotopic (exact) mass is 497 g/mol. The van der Waals surface area contributed by atoms with Crippen molar-refractivity contribution in [1.82, 2.24) is 5.43 Å². The molecule has 3 rings (SSSR count). The van der Waals surface area contributed by atoms with Crippen LogP contribution in [0.15, 0.2) is 65.8 Å². The highest BCUT2D eigenvalue weighted by Gasteiger charge is 2.11. The second-order valence-electron chi connectivity index (χ2n) is 7.13. The molecule has 3 aromatic rings. The molecule has 0 saturated carbocycles. The summed E-state index contributed by atoms with van der Waals surface area (Å²) in [5.74, 6) is 1.10. The van der Waals surface area contributed by atoms with Crippen molar-refractivity contribution in [3.8, 4) is 17.2 Å². The van der Waals surface area contributed by atoms with E-state index in [9.17, 15) is 14.9 Å². The number of ether oxygens (including phenoxy) is 3. The quantitative estimate of drug-likeness (QED) is 0.216. The van der Waals surface area contributed by atoms with Crippen molar-refractivity contribution < 1.29 is 23.9 Å². The van der Waals surface area contributed by atoms with Gasteiger partial charge < -0.3 is 14.2 Å². The van der Waals surface area contributed by atoms with Gasteiger partial charge in [0, 0.05) is 17.7 Å². The molecule has 10 heteroatoms. The molecule has 0 aliphatic carbocycles. The Labute approximate surface area is 207 Å². The van der Waals surface area contributed by atoms with Gasteiger partial charge in [-0.25, -0.2) is 5.43 Å². The molecule has 35 heavy (non-hydrogen) atoms. The smallest absolute Gasteiger partial charge is 0.271 e. The lowest BCUT2D eigenvalue weighted by Gasteiger charge is -2.11. The maximum atomic E-state index is 12.5. The number of nitro benzene ring substituents is 1. The predicted octanol–water partition coefficient (Wildman–Crippen LogP) is 5.39. The van der Waals surface area contributed by atoms with E-state index in [-0.39, 0.29) is 12.3 Å². The molecule has 0 spiro atoms. The number of nitro groups is 1. The van der Waals surface area contributed by atoms with Crippen LogP contribution in [0.2, 0.25) is 5.02 Å². The molecular formula is C25H24ClN3O6. The highest BCUT2D eigenvalue weighted by Crippen LogP contribution is 2.29. The second kappa shape index (κ2) is 12.4. The van der Waals surface area contributed by atoms with Crippen LogP contribution in [0.4, 0.5) is 5.69 Å². The second-order valence-corrected chi connectivity index (χ2v) is 7.54. The van der Waals surface area contributed by atoms with E-state index in [4.69, 9.17) is 25.8 Å². The fourth-order valence-electron chi connectivity index (χ4n) is 3.01. The summed E-state index contributed by atoms with van der Waals surface area (Å²) < 4.78 is 16.7. The highest BCUT2D eigenvalue weighted by molar-refractivity contribution is 6.32. The van der Waals surface area contributed by atoms with Gasteiger partial charge in [-0.15, -0.1) is 0 Å². The Balaban J connectivity index is 1.58. The molecule has 0 saturated heterocycles. The summed E-state index contributed by atoms with van der Waals surface area (Å²) in [7, 11) is 0. The topological polar surface area (TPSA) is 112 Å². The minimum Gasteiger partial charge on any atom is -0.490 e. The fraction of sp³-hybridized carbons (Fsp3) is 0.200. The molecular weight excluding hydrogens is 474 g/mol. The molecule has 1 amide bonds. The summed E-state index contributed by atoms with van der Waals surface area (Å²) in [5, 5.41) is 15.1. The van der Waals surface area contributed by atoms with E-state index in [0.717, 1.165) is 5.56 Å². The first-order valence-corrected chi connectivity index (χ1v) is 11.2. The fourth-order valence-corrected chi connectivity index (χ4v) is 3.26. The van der Waals surface area contributed by atoms with Crippen LogP contribution in [0, 0.1) is 10.1 Å². The van der Waals surface area contributed by atoms with Crippen LogP contribution in [-0.4, -0.2) is 30.3 Å². The number of non-ortho nitro benzene ring substituents is 1. The first-order chi connectivity index (χ1) is 16.9. The third-order valence-electron chi connectivity index (χ3n) is 4.68. The van der Waals surface area contributed by atoms with E-state index in [2.05, 4.69) is 10.5 Å². The Bertz CT molecular complexity index is 1210. The molecule has 1 N–H and O–H groups in total. The number of carbonyl (C=O) groups excluding carboxylic acids is 1. The van der Waals surface area contributed by atoms with Gasteiger partial charge in [0.05, 0.1) is 29.4 Å². The van der Waals surface area contributed by atoms with Gasteiger partial charge in [-0.3, -0.25) is 14.9 Å². The van der Waals surface area contributed by atoms with Crippen molar-refractivity contribution in [3.05, 3.63) is 92.5 Å². The Morgan fingerprint density at radius 1 is 0.971 bits per heavy atom. The average molecular weight is 498 g/mol. The van der Waals surface area contributed by atoms with Gasteiger partial charge in [0.2, 0.25) is 0 Å². The SMILES string of the molecule is CCOc1ccc(C(=O)N/N=C/c2ccc(OCc3ccc([N+](=O)[O-])cc3)c(Cl)c2)cc1OCC. The van der Waals surface area contributed by atoms with Gasteiger partial charge in [-0.05, 0) is 73.5 Å². The predicted molar refractivity (Wildman–Crippen MR) is 133 cm³/mol. The first-order valence-electron chi connectivity index (χ1n) is 10.8. The number of amides is 1. The van der Waals surface area contributed by atoms with Gasteiger partial charge in [0.25, 0.3) is 11.6 Å². The van der Waals surface area contributed by atoms with Gasteiger partial charge >= 0.3 is 0 Å². The summed E-state index contributed by atoms with van der Waals surface area (Å²) in [6.45, 7) is 4.85. The average Bonchev–Trinajstić information content (AvgIpc) is 2.85. The number of nitrogens with zero attached hydrogens (tertiary/aromatic N) is 2. The number of nitrogens with one attached hydrogen (secondary N) is 1. The molecule has 182 valence electrons. The van der Waals surface area contributed by atoms with Crippen LogP contribution in [0.3, 0.4) is 0 Å². The zero-order chi connectivity index (χ0) is 25.2. The minimum atomic E-state index is -0.458. The van der Waals surface area contributed by atoms with Crippen LogP contribution >= 0.6 is 11.6 Å². The summed E-state index contributed by atoms with van der Waals surface area (Å²) in [6.07, 6.45) is 1.46. The number of hydrazone groups is 1. The lowest BCUT2D eigenvalue weighted by molar-refractivity contribution is -0.384. The number of halogens is 1. The van der Waals surface area contributed by atoms with Crippen molar-refractivity contribution in [2.75, 3.05) is 13.2 Å². The number of hydrogen-bond donors (Lipinski definition) is 1. The van der Waals surface area contributed by atoms with Crippen molar-refractivity contribution in [1.29, 1.82) is 0 Å².